The molecule has 1 aromatic heterocycles. The normalized spacial score (nSPS) is 16.7. The Bertz CT molecular complexity index is 994. The number of benzene rings is 1. The Hall–Kier alpha value is -2.34. The second-order valence-corrected chi connectivity index (χ2v) is 9.49. The number of pyridine rings is 1. The summed E-state index contributed by atoms with van der Waals surface area (Å²) in [5.74, 6) is 1.28. The molecule has 0 spiro atoms. The van der Waals surface area contributed by atoms with Crippen LogP contribution in [0.15, 0.2) is 47.6 Å². The van der Waals surface area contributed by atoms with Crippen molar-refractivity contribution in [1.82, 2.24) is 9.88 Å². The van der Waals surface area contributed by atoms with Crippen LogP contribution in [0.1, 0.15) is 36.6 Å². The topological polar surface area (TPSA) is 59.5 Å². The highest BCUT2D eigenvalue weighted by Gasteiger charge is 2.26. The zero-order valence-electron chi connectivity index (χ0n) is 15.7. The van der Waals surface area contributed by atoms with Crippen LogP contribution < -0.4 is 4.74 Å². The van der Waals surface area contributed by atoms with Crippen molar-refractivity contribution in [2.45, 2.75) is 31.3 Å². The summed E-state index contributed by atoms with van der Waals surface area (Å²) in [4.78, 5) is 6.65. The summed E-state index contributed by atoms with van der Waals surface area (Å²) in [6, 6.07) is 11.5. The molecule has 0 saturated heterocycles. The van der Waals surface area contributed by atoms with Crippen LogP contribution in [0, 0.1) is 5.92 Å². The number of ether oxygens (including phenoxy) is 1. The molecule has 0 atom stereocenters. The monoisotopic (exact) mass is 384 g/mol. The molecule has 1 saturated carbocycles. The molecule has 0 N–H and O–H groups in total. The van der Waals surface area contributed by atoms with Gasteiger partial charge in [-0.05, 0) is 42.0 Å². The molecule has 2 heterocycles. The first-order chi connectivity index (χ1) is 13.0. The molecule has 27 heavy (non-hydrogen) atoms. The zero-order valence-corrected chi connectivity index (χ0v) is 16.5. The minimum Gasteiger partial charge on any atom is -0.491 e. The Morgan fingerprint density at radius 2 is 1.96 bits per heavy atom. The number of nitrogens with zero attached hydrogens (tertiary/aromatic N) is 2. The Morgan fingerprint density at radius 3 is 2.70 bits per heavy atom. The van der Waals surface area contributed by atoms with Gasteiger partial charge in [0, 0.05) is 25.4 Å². The maximum absolute atomic E-state index is 12.4. The summed E-state index contributed by atoms with van der Waals surface area (Å²) in [5.41, 5.74) is 3.77. The summed E-state index contributed by atoms with van der Waals surface area (Å²) >= 11 is 0. The summed E-state index contributed by atoms with van der Waals surface area (Å²) in [6.45, 7) is 3.10. The van der Waals surface area contributed by atoms with E-state index >= 15 is 0 Å². The van der Waals surface area contributed by atoms with Gasteiger partial charge in [-0.15, -0.1) is 0 Å². The Labute approximate surface area is 160 Å². The second kappa shape index (κ2) is 7.00. The van der Waals surface area contributed by atoms with Crippen molar-refractivity contribution in [2.75, 3.05) is 19.4 Å². The van der Waals surface area contributed by atoms with Crippen LogP contribution in [-0.2, 0) is 16.4 Å². The molecular formula is C21H24N2O3S. The Morgan fingerprint density at radius 1 is 1.19 bits per heavy atom. The lowest BCUT2D eigenvalue weighted by Crippen LogP contribution is -2.19. The maximum atomic E-state index is 12.4. The highest BCUT2D eigenvalue weighted by Crippen LogP contribution is 2.37. The van der Waals surface area contributed by atoms with Gasteiger partial charge in [0.1, 0.15) is 11.4 Å². The van der Waals surface area contributed by atoms with E-state index in [0.717, 1.165) is 17.7 Å². The third-order valence-electron chi connectivity index (χ3n) is 5.03. The molecule has 2 aromatic rings. The van der Waals surface area contributed by atoms with E-state index in [9.17, 15) is 8.42 Å². The van der Waals surface area contributed by atoms with Crippen LogP contribution >= 0.6 is 0 Å². The van der Waals surface area contributed by atoms with E-state index < -0.39 is 9.84 Å². The molecule has 0 amide bonds. The first-order valence-electron chi connectivity index (χ1n) is 9.35. The molecule has 6 heteroatoms. The van der Waals surface area contributed by atoms with E-state index in [4.69, 9.17) is 4.74 Å². The average Bonchev–Trinajstić information content (AvgIpc) is 3.50. The highest BCUT2D eigenvalue weighted by molar-refractivity contribution is 7.91. The van der Waals surface area contributed by atoms with E-state index in [1.165, 1.54) is 18.4 Å². The van der Waals surface area contributed by atoms with Gasteiger partial charge in [0.25, 0.3) is 0 Å². The molecule has 1 aromatic carbocycles. The largest absolute Gasteiger partial charge is 0.491 e. The maximum Gasteiger partial charge on any atom is 0.195 e. The van der Waals surface area contributed by atoms with E-state index in [1.807, 2.05) is 25.4 Å². The van der Waals surface area contributed by atoms with E-state index in [-0.39, 0.29) is 10.8 Å². The zero-order chi connectivity index (χ0) is 19.0. The smallest absolute Gasteiger partial charge is 0.195 e. The fourth-order valence-electron chi connectivity index (χ4n) is 3.27. The molecule has 1 aliphatic heterocycles. The molecule has 0 radical (unpaired) electrons. The number of aromatic nitrogens is 1. The van der Waals surface area contributed by atoms with Gasteiger partial charge in [0.2, 0.25) is 0 Å². The highest BCUT2D eigenvalue weighted by atomic mass is 32.2. The van der Waals surface area contributed by atoms with E-state index in [2.05, 4.69) is 22.0 Å². The van der Waals surface area contributed by atoms with E-state index in [1.54, 1.807) is 19.1 Å². The average molecular weight is 385 g/mol. The summed E-state index contributed by atoms with van der Waals surface area (Å²) in [5, 5.41) is 0.102. The number of hydrogen-bond acceptors (Lipinski definition) is 5. The number of hydrogen-bond donors (Lipinski definition) is 0. The molecule has 2 aliphatic rings. The van der Waals surface area contributed by atoms with Gasteiger partial charge in [-0.2, -0.15) is 0 Å². The first kappa shape index (κ1) is 18.0. The van der Waals surface area contributed by atoms with Gasteiger partial charge < -0.3 is 9.64 Å². The molecule has 5 nitrogen and oxygen atoms in total. The van der Waals surface area contributed by atoms with Gasteiger partial charge >= 0.3 is 0 Å². The molecule has 0 unspecified atom stereocenters. The van der Waals surface area contributed by atoms with Gasteiger partial charge in [0.15, 0.2) is 14.9 Å². The van der Waals surface area contributed by atoms with Crippen molar-refractivity contribution in [3.63, 3.8) is 0 Å². The third kappa shape index (κ3) is 3.72. The summed E-state index contributed by atoms with van der Waals surface area (Å²) < 4.78 is 30.8. The Kier molecular flexibility index (Phi) is 4.68. The number of rotatable bonds is 6. The standard InChI is InChI=1S/C21H24N2O3S/c1-3-27(24,25)20-11-10-19(26-14-15-8-9-15)21(22-20)18-13-23(2)12-16-6-4-5-7-17(16)18/h4-7,10-11,13,15H,3,8-9,12,14H2,1-2H3. The van der Waals surface area contributed by atoms with Gasteiger partial charge in [-0.1, -0.05) is 31.2 Å². The lowest BCUT2D eigenvalue weighted by atomic mass is 9.94. The van der Waals surface area contributed by atoms with Crippen molar-refractivity contribution >= 4 is 15.4 Å². The van der Waals surface area contributed by atoms with Crippen molar-refractivity contribution < 1.29 is 13.2 Å². The minimum atomic E-state index is -3.39. The Balaban J connectivity index is 1.84. The first-order valence-corrected chi connectivity index (χ1v) is 11.0. The van der Waals surface area contributed by atoms with Crippen LogP contribution in [0.25, 0.3) is 5.57 Å². The SMILES string of the molecule is CCS(=O)(=O)c1ccc(OCC2CC2)c(C2=CN(C)Cc3ccccc32)n1. The molecule has 1 fully saturated rings. The van der Waals surface area contributed by atoms with Crippen LogP contribution in [-0.4, -0.2) is 37.7 Å². The van der Waals surface area contributed by atoms with Gasteiger partial charge in [-0.25, -0.2) is 13.4 Å². The van der Waals surface area contributed by atoms with E-state index in [0.29, 0.717) is 24.0 Å². The van der Waals surface area contributed by atoms with Gasteiger partial charge in [0.05, 0.1) is 12.4 Å². The second-order valence-electron chi connectivity index (χ2n) is 7.27. The molecule has 0 bridgehead atoms. The van der Waals surface area contributed by atoms with Gasteiger partial charge in [-0.3, -0.25) is 0 Å². The molecule has 1 aliphatic carbocycles. The predicted molar refractivity (Wildman–Crippen MR) is 105 cm³/mol. The van der Waals surface area contributed by atoms with Crippen LogP contribution in [0.3, 0.4) is 0 Å². The molecular weight excluding hydrogens is 360 g/mol. The fourth-order valence-corrected chi connectivity index (χ4v) is 4.07. The minimum absolute atomic E-state index is 0.0251. The summed E-state index contributed by atoms with van der Waals surface area (Å²) in [6.07, 6.45) is 4.41. The number of sulfone groups is 1. The molecule has 142 valence electrons. The lowest BCUT2D eigenvalue weighted by Gasteiger charge is -2.26. The fraction of sp³-hybridized carbons (Fsp3) is 0.381. The van der Waals surface area contributed by atoms with Crippen molar-refractivity contribution in [3.05, 3.63) is 59.4 Å². The molecule has 4 rings (SSSR count). The van der Waals surface area contributed by atoms with Crippen molar-refractivity contribution in [3.8, 4) is 5.75 Å². The predicted octanol–water partition coefficient (Wildman–Crippen LogP) is 3.50. The quantitative estimate of drug-likeness (QED) is 0.763. The van der Waals surface area contributed by atoms with Crippen LogP contribution in [0.4, 0.5) is 0 Å². The van der Waals surface area contributed by atoms with Crippen LogP contribution in [0.2, 0.25) is 0 Å². The third-order valence-corrected chi connectivity index (χ3v) is 6.66. The van der Waals surface area contributed by atoms with Crippen LogP contribution in [0.5, 0.6) is 5.75 Å². The van der Waals surface area contributed by atoms with Crippen molar-refractivity contribution in [1.29, 1.82) is 0 Å². The lowest BCUT2D eigenvalue weighted by molar-refractivity contribution is 0.297. The summed E-state index contributed by atoms with van der Waals surface area (Å²) in [7, 11) is -1.39. The van der Waals surface area contributed by atoms with Crippen molar-refractivity contribution in [2.24, 2.45) is 5.92 Å². The number of fused-ring (bicyclic) bond motifs is 1.